The second-order valence-corrected chi connectivity index (χ2v) is 6.79. The van der Waals surface area contributed by atoms with Gasteiger partial charge >= 0.3 is 0 Å². The minimum Gasteiger partial charge on any atom is -0.457 e. The zero-order chi connectivity index (χ0) is 20.3. The fraction of sp³-hybridized carbons (Fsp3) is 0.0417. The van der Waals surface area contributed by atoms with E-state index in [1.807, 2.05) is 78.5 Å². The molecule has 3 aromatic heterocycles. The molecule has 0 saturated carbocycles. The maximum atomic E-state index is 6.09. The van der Waals surface area contributed by atoms with Gasteiger partial charge in [-0.1, -0.05) is 18.2 Å². The van der Waals surface area contributed by atoms with Crippen molar-refractivity contribution in [2.45, 2.75) is 0 Å². The van der Waals surface area contributed by atoms with Gasteiger partial charge in [0.05, 0.1) is 6.20 Å². The highest BCUT2D eigenvalue weighted by atomic mass is 16.5. The van der Waals surface area contributed by atoms with E-state index in [0.717, 1.165) is 28.3 Å². The number of ether oxygens (including phenoxy) is 1. The lowest BCUT2D eigenvalue weighted by atomic mass is 10.2. The Bertz CT molecular complexity index is 1290. The lowest BCUT2D eigenvalue weighted by Gasteiger charge is -2.08. The summed E-state index contributed by atoms with van der Waals surface area (Å²) in [4.78, 5) is 12.9. The van der Waals surface area contributed by atoms with Gasteiger partial charge in [-0.2, -0.15) is 0 Å². The summed E-state index contributed by atoms with van der Waals surface area (Å²) in [5, 5.41) is 0. The minimum atomic E-state index is 0.529. The molecule has 3 heterocycles. The van der Waals surface area contributed by atoms with Crippen molar-refractivity contribution < 1.29 is 9.15 Å². The molecule has 0 fully saturated rings. The van der Waals surface area contributed by atoms with Gasteiger partial charge in [0.1, 0.15) is 17.3 Å². The Morgan fingerprint density at radius 1 is 0.800 bits per heavy atom. The predicted molar refractivity (Wildman–Crippen MR) is 114 cm³/mol. The van der Waals surface area contributed by atoms with Crippen molar-refractivity contribution in [1.82, 2.24) is 19.5 Å². The summed E-state index contributed by atoms with van der Waals surface area (Å²) in [5.41, 5.74) is 2.71. The molecular weight excluding hydrogens is 376 g/mol. The van der Waals surface area contributed by atoms with Gasteiger partial charge in [0.25, 0.3) is 0 Å². The highest BCUT2D eigenvalue weighted by molar-refractivity contribution is 5.62. The van der Waals surface area contributed by atoms with E-state index in [2.05, 4.69) is 15.0 Å². The maximum Gasteiger partial charge on any atom is 0.226 e. The Labute approximate surface area is 173 Å². The molecule has 30 heavy (non-hydrogen) atoms. The number of benzene rings is 2. The molecule has 0 N–H and O–H groups in total. The van der Waals surface area contributed by atoms with Crippen LogP contribution in [0.25, 0.3) is 34.2 Å². The first-order valence-corrected chi connectivity index (χ1v) is 9.48. The van der Waals surface area contributed by atoms with Crippen LogP contribution in [0.2, 0.25) is 0 Å². The van der Waals surface area contributed by atoms with Crippen LogP contribution in [0.3, 0.4) is 0 Å². The van der Waals surface area contributed by atoms with Crippen molar-refractivity contribution in [1.29, 1.82) is 0 Å². The third kappa shape index (κ3) is 3.58. The van der Waals surface area contributed by atoms with Crippen molar-refractivity contribution in [3.63, 3.8) is 0 Å². The molecular formula is C24H18N4O2. The molecule has 5 aromatic rings. The van der Waals surface area contributed by atoms with E-state index in [0.29, 0.717) is 17.4 Å². The molecule has 0 radical (unpaired) electrons. The molecule has 0 aliphatic heterocycles. The zero-order valence-electron chi connectivity index (χ0n) is 16.3. The second-order valence-electron chi connectivity index (χ2n) is 6.79. The Balaban J connectivity index is 1.40. The molecule has 0 aliphatic carbocycles. The van der Waals surface area contributed by atoms with Crippen LogP contribution < -0.4 is 4.74 Å². The van der Waals surface area contributed by atoms with Crippen LogP contribution in [0.4, 0.5) is 0 Å². The van der Waals surface area contributed by atoms with Crippen LogP contribution in [-0.4, -0.2) is 19.5 Å². The average molecular weight is 394 g/mol. The molecule has 0 saturated heterocycles. The number of hydrogen-bond donors (Lipinski definition) is 0. The number of imidazole rings is 1. The lowest BCUT2D eigenvalue weighted by molar-refractivity contribution is 0.482. The van der Waals surface area contributed by atoms with Crippen molar-refractivity contribution in [2.75, 3.05) is 0 Å². The molecule has 0 amide bonds. The van der Waals surface area contributed by atoms with Gasteiger partial charge in [-0.3, -0.25) is 4.98 Å². The van der Waals surface area contributed by atoms with E-state index in [1.54, 1.807) is 24.8 Å². The number of aromatic nitrogens is 4. The SMILES string of the molecule is Cn1ccnc1-c1cccc(Oc2cccc(-c3ncc(-c4cccnc4)o3)c2)c1. The van der Waals surface area contributed by atoms with Gasteiger partial charge in [-0.15, -0.1) is 0 Å². The van der Waals surface area contributed by atoms with Gasteiger partial charge in [-0.25, -0.2) is 9.97 Å². The van der Waals surface area contributed by atoms with E-state index >= 15 is 0 Å². The summed E-state index contributed by atoms with van der Waals surface area (Å²) in [6, 6.07) is 19.3. The largest absolute Gasteiger partial charge is 0.457 e. The van der Waals surface area contributed by atoms with Gasteiger partial charge in [0, 0.05) is 48.5 Å². The first-order valence-electron chi connectivity index (χ1n) is 9.48. The molecule has 0 aliphatic rings. The van der Waals surface area contributed by atoms with Crippen LogP contribution in [-0.2, 0) is 7.05 Å². The quantitative estimate of drug-likeness (QED) is 0.388. The molecule has 0 atom stereocenters. The third-order valence-corrected chi connectivity index (χ3v) is 4.68. The standard InChI is InChI=1S/C24H18N4O2/c1-28-12-11-26-23(28)17-5-2-8-20(13-17)29-21-9-3-6-18(14-21)24-27-16-22(30-24)19-7-4-10-25-15-19/h2-16H,1H3. The Morgan fingerprint density at radius 2 is 1.57 bits per heavy atom. The third-order valence-electron chi connectivity index (χ3n) is 4.68. The van der Waals surface area contributed by atoms with Crippen LogP contribution in [0, 0.1) is 0 Å². The average Bonchev–Trinajstić information content (AvgIpc) is 3.44. The first kappa shape index (κ1) is 17.9. The molecule has 5 rings (SSSR count). The van der Waals surface area contributed by atoms with Gasteiger partial charge < -0.3 is 13.7 Å². The van der Waals surface area contributed by atoms with Gasteiger partial charge in [-0.05, 0) is 42.5 Å². The van der Waals surface area contributed by atoms with E-state index in [1.165, 1.54) is 0 Å². The summed E-state index contributed by atoms with van der Waals surface area (Å²) in [6.45, 7) is 0. The summed E-state index contributed by atoms with van der Waals surface area (Å²) in [7, 11) is 1.97. The van der Waals surface area contributed by atoms with E-state index < -0.39 is 0 Å². The molecule has 2 aromatic carbocycles. The Morgan fingerprint density at radius 3 is 2.30 bits per heavy atom. The second kappa shape index (κ2) is 7.67. The highest BCUT2D eigenvalue weighted by Crippen LogP contribution is 2.31. The number of hydrogen-bond acceptors (Lipinski definition) is 5. The molecule has 0 bridgehead atoms. The topological polar surface area (TPSA) is 66.0 Å². The minimum absolute atomic E-state index is 0.529. The smallest absolute Gasteiger partial charge is 0.226 e. The highest BCUT2D eigenvalue weighted by Gasteiger charge is 2.10. The van der Waals surface area contributed by atoms with Crippen LogP contribution in [0.1, 0.15) is 0 Å². The van der Waals surface area contributed by atoms with Crippen molar-refractivity contribution in [2.24, 2.45) is 7.05 Å². The van der Waals surface area contributed by atoms with Crippen LogP contribution in [0.5, 0.6) is 11.5 Å². The normalized spacial score (nSPS) is 10.8. The lowest BCUT2D eigenvalue weighted by Crippen LogP contribution is -1.92. The molecule has 146 valence electrons. The number of aryl methyl sites for hydroxylation is 1. The zero-order valence-corrected chi connectivity index (χ0v) is 16.3. The molecule has 0 spiro atoms. The fourth-order valence-electron chi connectivity index (χ4n) is 3.22. The molecule has 0 unspecified atom stereocenters. The summed E-state index contributed by atoms with van der Waals surface area (Å²) < 4.78 is 14.0. The van der Waals surface area contributed by atoms with Crippen LogP contribution >= 0.6 is 0 Å². The summed E-state index contributed by atoms with van der Waals surface area (Å²) in [5.74, 6) is 3.52. The molecule has 6 heteroatoms. The Kier molecular flexibility index (Phi) is 4.57. The Hall–Kier alpha value is -4.19. The van der Waals surface area contributed by atoms with Crippen molar-refractivity contribution >= 4 is 0 Å². The maximum absolute atomic E-state index is 6.09. The van der Waals surface area contributed by atoms with Gasteiger partial charge in [0.2, 0.25) is 5.89 Å². The van der Waals surface area contributed by atoms with Crippen LogP contribution in [0.15, 0.2) is 96.1 Å². The number of pyridine rings is 1. The van der Waals surface area contributed by atoms with E-state index in [-0.39, 0.29) is 0 Å². The monoisotopic (exact) mass is 394 g/mol. The van der Waals surface area contributed by atoms with Crippen molar-refractivity contribution in [3.05, 3.63) is 91.6 Å². The van der Waals surface area contributed by atoms with E-state index in [4.69, 9.17) is 9.15 Å². The summed E-state index contributed by atoms with van der Waals surface area (Å²) in [6.07, 6.45) is 8.88. The molecule has 6 nitrogen and oxygen atoms in total. The number of rotatable bonds is 5. The first-order chi connectivity index (χ1) is 14.8. The predicted octanol–water partition coefficient (Wildman–Crippen LogP) is 5.60. The van der Waals surface area contributed by atoms with E-state index in [9.17, 15) is 0 Å². The fourth-order valence-corrected chi connectivity index (χ4v) is 3.22. The number of nitrogens with zero attached hydrogens (tertiary/aromatic N) is 4. The van der Waals surface area contributed by atoms with Crippen molar-refractivity contribution in [3.8, 4) is 45.7 Å². The summed E-state index contributed by atoms with van der Waals surface area (Å²) >= 11 is 0. The number of oxazole rings is 1. The van der Waals surface area contributed by atoms with Gasteiger partial charge in [0.15, 0.2) is 5.76 Å².